The van der Waals surface area contributed by atoms with Crippen molar-refractivity contribution in [3.8, 4) is 5.75 Å². The first-order chi connectivity index (χ1) is 15.6. The van der Waals surface area contributed by atoms with Crippen LogP contribution in [0.1, 0.15) is 23.2 Å². The number of carboxylic acids is 1. The number of rotatable bonds is 6. The number of ether oxygens (including phenoxy) is 2. The highest BCUT2D eigenvalue weighted by Gasteiger charge is 2.23. The smallest absolute Gasteiger partial charge is 0.335 e. The molecule has 0 aromatic heterocycles. The van der Waals surface area contributed by atoms with Crippen molar-refractivity contribution in [2.45, 2.75) is 18.9 Å². The van der Waals surface area contributed by atoms with Gasteiger partial charge in [0.2, 0.25) is 0 Å². The normalized spacial score (nSPS) is 19.2. The number of hydrogen-bond acceptors (Lipinski definition) is 5. The number of nitrogens with one attached hydrogen (secondary N) is 1. The van der Waals surface area contributed by atoms with Gasteiger partial charge in [0, 0.05) is 38.5 Å². The van der Waals surface area contributed by atoms with Crippen LogP contribution in [0.2, 0.25) is 0 Å². The third kappa shape index (κ3) is 5.31. The lowest BCUT2D eigenvalue weighted by atomic mass is 10.2. The zero-order valence-electron chi connectivity index (χ0n) is 18.4. The average molecular weight is 439 g/mol. The van der Waals surface area contributed by atoms with Crippen molar-refractivity contribution in [2.75, 3.05) is 56.7 Å². The maximum Gasteiger partial charge on any atom is 0.335 e. The zero-order chi connectivity index (χ0) is 22.3. The molecule has 0 amide bonds. The summed E-state index contributed by atoms with van der Waals surface area (Å²) in [7, 11) is 1.69. The summed E-state index contributed by atoms with van der Waals surface area (Å²) in [5, 5.41) is 12.7. The fourth-order valence-corrected chi connectivity index (χ4v) is 4.10. The molecular weight excluding hydrogens is 408 g/mol. The van der Waals surface area contributed by atoms with Crippen molar-refractivity contribution in [1.29, 1.82) is 0 Å². The molecule has 2 aromatic rings. The lowest BCUT2D eigenvalue weighted by Gasteiger charge is -2.38. The van der Waals surface area contributed by atoms with Gasteiger partial charge in [0.15, 0.2) is 5.96 Å². The highest BCUT2D eigenvalue weighted by Crippen LogP contribution is 2.28. The van der Waals surface area contributed by atoms with Gasteiger partial charge >= 0.3 is 5.97 Å². The van der Waals surface area contributed by atoms with Crippen LogP contribution in [0.3, 0.4) is 0 Å². The number of aromatic carboxylic acids is 1. The molecule has 170 valence electrons. The van der Waals surface area contributed by atoms with Crippen LogP contribution in [0.4, 0.5) is 11.4 Å². The summed E-state index contributed by atoms with van der Waals surface area (Å²) in [5.41, 5.74) is 2.05. The minimum absolute atomic E-state index is 0.145. The molecule has 1 atom stereocenters. The molecule has 0 radical (unpaired) electrons. The quantitative estimate of drug-likeness (QED) is 0.529. The van der Waals surface area contributed by atoms with Crippen molar-refractivity contribution in [3.05, 3.63) is 54.1 Å². The Balaban J connectivity index is 1.48. The van der Waals surface area contributed by atoms with E-state index in [2.05, 4.69) is 21.2 Å². The van der Waals surface area contributed by atoms with Crippen LogP contribution in [0, 0.1) is 0 Å². The van der Waals surface area contributed by atoms with Gasteiger partial charge in [0.1, 0.15) is 5.75 Å². The van der Waals surface area contributed by atoms with Gasteiger partial charge in [-0.1, -0.05) is 18.2 Å². The molecule has 4 rings (SSSR count). The largest absolute Gasteiger partial charge is 0.495 e. The van der Waals surface area contributed by atoms with E-state index >= 15 is 0 Å². The minimum atomic E-state index is -0.947. The van der Waals surface area contributed by atoms with Gasteiger partial charge in [-0.15, -0.1) is 0 Å². The van der Waals surface area contributed by atoms with E-state index in [1.54, 1.807) is 25.3 Å². The van der Waals surface area contributed by atoms with Crippen molar-refractivity contribution >= 4 is 23.3 Å². The number of aliphatic imine (C=N–C) groups is 1. The van der Waals surface area contributed by atoms with Gasteiger partial charge in [0.05, 0.1) is 31.0 Å². The molecular formula is C24H30N4O4. The Bertz CT molecular complexity index is 951. The third-order valence-corrected chi connectivity index (χ3v) is 5.84. The molecule has 2 aliphatic rings. The maximum absolute atomic E-state index is 11.4. The van der Waals surface area contributed by atoms with Crippen LogP contribution in [0.25, 0.3) is 0 Å². The number of methoxy groups -OCH3 is 1. The summed E-state index contributed by atoms with van der Waals surface area (Å²) in [5.74, 6) is 0.677. The number of hydrogen-bond donors (Lipinski definition) is 2. The van der Waals surface area contributed by atoms with Crippen LogP contribution in [0.15, 0.2) is 53.5 Å². The number of para-hydroxylation sites is 2. The van der Waals surface area contributed by atoms with E-state index in [-0.39, 0.29) is 11.7 Å². The highest BCUT2D eigenvalue weighted by atomic mass is 16.5. The van der Waals surface area contributed by atoms with Gasteiger partial charge in [-0.25, -0.2) is 4.79 Å². The molecule has 2 fully saturated rings. The lowest BCUT2D eigenvalue weighted by molar-refractivity contribution is 0.0697. The Labute approximate surface area is 188 Å². The van der Waals surface area contributed by atoms with E-state index in [1.165, 1.54) is 0 Å². The van der Waals surface area contributed by atoms with Crippen molar-refractivity contribution < 1.29 is 19.4 Å². The first kappa shape index (κ1) is 22.0. The molecule has 0 bridgehead atoms. The Morgan fingerprint density at radius 2 is 2.00 bits per heavy atom. The van der Waals surface area contributed by atoms with Gasteiger partial charge in [-0.05, 0) is 43.2 Å². The fourth-order valence-electron chi connectivity index (χ4n) is 4.10. The molecule has 8 heteroatoms. The zero-order valence-corrected chi connectivity index (χ0v) is 18.4. The van der Waals surface area contributed by atoms with E-state index < -0.39 is 5.97 Å². The second-order valence-electron chi connectivity index (χ2n) is 7.96. The van der Waals surface area contributed by atoms with Crippen molar-refractivity contribution in [1.82, 2.24) is 4.90 Å². The molecule has 8 nitrogen and oxygen atoms in total. The Morgan fingerprint density at radius 1 is 1.19 bits per heavy atom. The van der Waals surface area contributed by atoms with Crippen molar-refractivity contribution in [3.63, 3.8) is 0 Å². The summed E-state index contributed by atoms with van der Waals surface area (Å²) >= 11 is 0. The second-order valence-corrected chi connectivity index (χ2v) is 7.96. The average Bonchev–Trinajstić information content (AvgIpc) is 3.36. The number of anilines is 2. The van der Waals surface area contributed by atoms with E-state index in [9.17, 15) is 9.90 Å². The molecule has 2 saturated heterocycles. The van der Waals surface area contributed by atoms with Gasteiger partial charge in [0.25, 0.3) is 0 Å². The van der Waals surface area contributed by atoms with Crippen LogP contribution in [-0.4, -0.2) is 74.5 Å². The first-order valence-electron chi connectivity index (χ1n) is 11.0. The topological polar surface area (TPSA) is 86.6 Å². The molecule has 2 N–H and O–H groups in total. The summed E-state index contributed by atoms with van der Waals surface area (Å²) in [4.78, 5) is 20.7. The molecule has 0 unspecified atom stereocenters. The Morgan fingerprint density at radius 3 is 2.72 bits per heavy atom. The number of nitrogens with zero attached hydrogens (tertiary/aromatic N) is 3. The molecule has 32 heavy (non-hydrogen) atoms. The van der Waals surface area contributed by atoms with E-state index in [1.807, 2.05) is 24.3 Å². The van der Waals surface area contributed by atoms with Crippen LogP contribution in [0.5, 0.6) is 5.75 Å². The standard InChI is InChI=1S/C24H30N4O4/c1-31-22-10-3-2-9-21(22)27-11-13-28(14-12-27)24(25-17-20-8-5-15-32-20)26-19-7-4-6-18(16-19)23(29)30/h2-4,6-7,9-10,16,20H,5,8,11-15,17H2,1H3,(H,25,26)(H,29,30)/t20-/m1/s1. The summed E-state index contributed by atoms with van der Waals surface area (Å²) < 4.78 is 11.3. The van der Waals surface area contributed by atoms with E-state index in [4.69, 9.17) is 14.5 Å². The molecule has 2 aliphatic heterocycles. The SMILES string of the molecule is COc1ccccc1N1CCN(C(=NC[C@H]2CCCO2)Nc2cccc(C(=O)O)c2)CC1. The highest BCUT2D eigenvalue weighted by molar-refractivity contribution is 5.96. The second kappa shape index (κ2) is 10.4. The van der Waals surface area contributed by atoms with E-state index in [0.29, 0.717) is 12.2 Å². The monoisotopic (exact) mass is 438 g/mol. The number of carboxylic acid groups (broad SMARTS) is 1. The predicted octanol–water partition coefficient (Wildman–Crippen LogP) is 3.16. The Kier molecular flexibility index (Phi) is 7.11. The molecule has 2 heterocycles. The van der Waals surface area contributed by atoms with Gasteiger partial charge < -0.3 is 29.7 Å². The van der Waals surface area contributed by atoms with E-state index in [0.717, 1.165) is 63.0 Å². The Hall–Kier alpha value is -3.26. The predicted molar refractivity (Wildman–Crippen MR) is 125 cm³/mol. The molecule has 0 spiro atoms. The molecule has 0 saturated carbocycles. The number of benzene rings is 2. The first-order valence-corrected chi connectivity index (χ1v) is 11.0. The van der Waals surface area contributed by atoms with Crippen LogP contribution < -0.4 is 15.0 Å². The fraction of sp³-hybridized carbons (Fsp3) is 0.417. The summed E-state index contributed by atoms with van der Waals surface area (Å²) in [6.45, 7) is 4.61. The third-order valence-electron chi connectivity index (χ3n) is 5.84. The number of piperazine rings is 1. The van der Waals surface area contributed by atoms with Gasteiger partial charge in [-0.3, -0.25) is 4.99 Å². The minimum Gasteiger partial charge on any atom is -0.495 e. The van der Waals surface area contributed by atoms with Crippen molar-refractivity contribution in [2.24, 2.45) is 4.99 Å². The van der Waals surface area contributed by atoms with Gasteiger partial charge in [-0.2, -0.15) is 0 Å². The number of guanidine groups is 1. The molecule has 0 aliphatic carbocycles. The summed E-state index contributed by atoms with van der Waals surface area (Å²) in [6, 6.07) is 14.9. The van der Waals surface area contributed by atoms with Crippen LogP contribution in [-0.2, 0) is 4.74 Å². The van der Waals surface area contributed by atoms with Crippen LogP contribution >= 0.6 is 0 Å². The lowest BCUT2D eigenvalue weighted by Crippen LogP contribution is -2.51. The molecule has 2 aromatic carbocycles. The summed E-state index contributed by atoms with van der Waals surface area (Å²) in [6.07, 6.45) is 2.24. The number of carbonyl (C=O) groups is 1. The maximum atomic E-state index is 11.4.